The highest BCUT2D eigenvalue weighted by Crippen LogP contribution is 2.16. The number of hydrogen-bond donors (Lipinski definition) is 3. The summed E-state index contributed by atoms with van der Waals surface area (Å²) in [6, 6.07) is 15.9. The van der Waals surface area contributed by atoms with E-state index in [0.29, 0.717) is 17.1 Å². The van der Waals surface area contributed by atoms with Crippen molar-refractivity contribution in [2.75, 3.05) is 11.9 Å². The van der Waals surface area contributed by atoms with E-state index in [2.05, 4.69) is 21.2 Å². The fourth-order valence-corrected chi connectivity index (χ4v) is 2.82. The second kappa shape index (κ2) is 11.3. The van der Waals surface area contributed by atoms with Crippen LogP contribution in [-0.2, 0) is 20.9 Å². The molecule has 0 fully saturated rings. The Balaban J connectivity index is 1.41. The molecule has 0 radical (unpaired) electrons. The Hall–Kier alpha value is -4.40. The minimum absolute atomic E-state index is 0.104. The Labute approximate surface area is 190 Å². The molecule has 9 heteroatoms. The van der Waals surface area contributed by atoms with Gasteiger partial charge in [0.2, 0.25) is 0 Å². The second-order valence-electron chi connectivity index (χ2n) is 7.19. The number of benzene rings is 2. The molecular weight excluding hydrogens is 424 g/mol. The lowest BCUT2D eigenvalue weighted by Gasteiger charge is -2.10. The third-order valence-electron chi connectivity index (χ3n) is 4.50. The number of rotatable bonds is 8. The molecule has 0 saturated heterocycles. The zero-order chi connectivity index (χ0) is 23.6. The standard InChI is InChI=1S/C24H24N4O5/c1-16-5-10-21(17(2)12-16)27-22(29)15-33-19-8-6-18(7-9-19)13-26-28-24(31)23(30)25-14-20-4-3-11-32-20/h3-13H,14-15H2,1-2H3,(H,25,30)(H,27,29)(H,28,31)/b26-13-. The van der Waals surface area contributed by atoms with E-state index < -0.39 is 11.8 Å². The van der Waals surface area contributed by atoms with E-state index >= 15 is 0 Å². The van der Waals surface area contributed by atoms with Crippen molar-refractivity contribution in [3.63, 3.8) is 0 Å². The molecule has 0 aliphatic heterocycles. The van der Waals surface area contributed by atoms with Crippen LogP contribution in [0, 0.1) is 13.8 Å². The lowest BCUT2D eigenvalue weighted by atomic mass is 10.1. The van der Waals surface area contributed by atoms with Gasteiger partial charge in [-0.1, -0.05) is 17.7 Å². The van der Waals surface area contributed by atoms with Gasteiger partial charge in [-0.25, -0.2) is 5.43 Å². The fraction of sp³-hybridized carbons (Fsp3) is 0.167. The first-order valence-electron chi connectivity index (χ1n) is 10.1. The number of nitrogens with one attached hydrogen (secondary N) is 3. The molecule has 33 heavy (non-hydrogen) atoms. The maximum absolute atomic E-state index is 12.1. The van der Waals surface area contributed by atoms with Crippen molar-refractivity contribution in [1.29, 1.82) is 0 Å². The first kappa shape index (κ1) is 23.3. The Bertz CT molecular complexity index is 1140. The van der Waals surface area contributed by atoms with E-state index in [1.165, 1.54) is 12.5 Å². The van der Waals surface area contributed by atoms with Gasteiger partial charge in [-0.15, -0.1) is 0 Å². The van der Waals surface area contributed by atoms with Crippen molar-refractivity contribution in [1.82, 2.24) is 10.7 Å². The summed E-state index contributed by atoms with van der Waals surface area (Å²) in [5.74, 6) is -0.950. The lowest BCUT2D eigenvalue weighted by molar-refractivity contribution is -0.139. The quantitative estimate of drug-likeness (QED) is 0.278. The van der Waals surface area contributed by atoms with Gasteiger partial charge in [0, 0.05) is 5.69 Å². The summed E-state index contributed by atoms with van der Waals surface area (Å²) < 4.78 is 10.6. The highest BCUT2D eigenvalue weighted by atomic mass is 16.5. The van der Waals surface area contributed by atoms with Crippen LogP contribution in [0.4, 0.5) is 5.69 Å². The molecule has 0 saturated carbocycles. The minimum Gasteiger partial charge on any atom is -0.484 e. The van der Waals surface area contributed by atoms with Gasteiger partial charge in [0.05, 0.1) is 19.0 Å². The molecule has 2 aromatic carbocycles. The van der Waals surface area contributed by atoms with Crippen molar-refractivity contribution < 1.29 is 23.5 Å². The molecule has 0 unspecified atom stereocenters. The number of hydrogen-bond acceptors (Lipinski definition) is 6. The summed E-state index contributed by atoms with van der Waals surface area (Å²) in [4.78, 5) is 35.6. The molecule has 0 spiro atoms. The average molecular weight is 448 g/mol. The predicted octanol–water partition coefficient (Wildman–Crippen LogP) is 2.68. The zero-order valence-corrected chi connectivity index (χ0v) is 18.3. The van der Waals surface area contributed by atoms with E-state index in [1.54, 1.807) is 36.4 Å². The third-order valence-corrected chi connectivity index (χ3v) is 4.50. The number of hydrazone groups is 1. The van der Waals surface area contributed by atoms with E-state index in [9.17, 15) is 14.4 Å². The van der Waals surface area contributed by atoms with Crippen LogP contribution in [0.1, 0.15) is 22.5 Å². The summed E-state index contributed by atoms with van der Waals surface area (Å²) in [5, 5.41) is 9.00. The number of furan rings is 1. The highest BCUT2D eigenvalue weighted by molar-refractivity contribution is 6.35. The Morgan fingerprint density at radius 3 is 2.52 bits per heavy atom. The summed E-state index contributed by atoms with van der Waals surface area (Å²) in [6.07, 6.45) is 2.86. The number of nitrogens with zero attached hydrogens (tertiary/aromatic N) is 1. The largest absolute Gasteiger partial charge is 0.484 e. The third kappa shape index (κ3) is 7.35. The molecule has 1 aromatic heterocycles. The molecule has 1 heterocycles. The second-order valence-corrected chi connectivity index (χ2v) is 7.19. The van der Waals surface area contributed by atoms with Crippen LogP contribution in [0.15, 0.2) is 70.4 Å². The SMILES string of the molecule is Cc1ccc(NC(=O)COc2ccc(/C=N\NC(=O)C(=O)NCc3ccco3)cc2)c(C)c1. The molecule has 3 rings (SSSR count). The van der Waals surface area contributed by atoms with E-state index in [0.717, 1.165) is 16.8 Å². The first-order chi connectivity index (χ1) is 15.9. The van der Waals surface area contributed by atoms with Crippen molar-refractivity contribution >= 4 is 29.6 Å². The molecule has 9 nitrogen and oxygen atoms in total. The Morgan fingerprint density at radius 1 is 1.03 bits per heavy atom. The minimum atomic E-state index is -0.896. The molecule has 3 amide bonds. The summed E-state index contributed by atoms with van der Waals surface area (Å²) >= 11 is 0. The van der Waals surface area contributed by atoms with Gasteiger partial charge in [-0.2, -0.15) is 5.10 Å². The topological polar surface area (TPSA) is 122 Å². The van der Waals surface area contributed by atoms with Gasteiger partial charge in [-0.3, -0.25) is 14.4 Å². The maximum atomic E-state index is 12.1. The van der Waals surface area contributed by atoms with Crippen LogP contribution < -0.4 is 20.8 Å². The Morgan fingerprint density at radius 2 is 1.82 bits per heavy atom. The molecule has 3 aromatic rings. The zero-order valence-electron chi connectivity index (χ0n) is 18.3. The number of ether oxygens (including phenoxy) is 1. The van der Waals surface area contributed by atoms with Crippen molar-refractivity contribution in [3.05, 3.63) is 83.3 Å². The van der Waals surface area contributed by atoms with E-state index in [4.69, 9.17) is 9.15 Å². The molecule has 170 valence electrons. The van der Waals surface area contributed by atoms with Crippen LogP contribution in [0.2, 0.25) is 0 Å². The van der Waals surface area contributed by atoms with Crippen molar-refractivity contribution in [2.45, 2.75) is 20.4 Å². The molecule has 0 aliphatic carbocycles. The van der Waals surface area contributed by atoms with Crippen molar-refractivity contribution in [3.8, 4) is 5.75 Å². The smallest absolute Gasteiger partial charge is 0.329 e. The van der Waals surface area contributed by atoms with Gasteiger partial charge in [-0.05, 0) is 67.4 Å². The molecule has 0 atom stereocenters. The maximum Gasteiger partial charge on any atom is 0.329 e. The Kier molecular flexibility index (Phi) is 7.96. The summed E-state index contributed by atoms with van der Waals surface area (Å²) in [7, 11) is 0. The van der Waals surface area contributed by atoms with Gasteiger partial charge in [0.15, 0.2) is 6.61 Å². The summed E-state index contributed by atoms with van der Waals surface area (Å²) in [6.45, 7) is 3.89. The lowest BCUT2D eigenvalue weighted by Crippen LogP contribution is -2.37. The fourth-order valence-electron chi connectivity index (χ4n) is 2.82. The van der Waals surface area contributed by atoms with E-state index in [-0.39, 0.29) is 19.1 Å². The van der Waals surface area contributed by atoms with Crippen LogP contribution in [0.25, 0.3) is 0 Å². The average Bonchev–Trinajstić information content (AvgIpc) is 3.32. The molecule has 0 aliphatic rings. The number of amides is 3. The normalized spacial score (nSPS) is 10.6. The number of aryl methyl sites for hydroxylation is 2. The molecule has 0 bridgehead atoms. The summed E-state index contributed by atoms with van der Waals surface area (Å²) in [5.41, 5.74) is 5.67. The number of anilines is 1. The van der Waals surface area contributed by atoms with Crippen LogP contribution in [0.5, 0.6) is 5.75 Å². The number of carbonyl (C=O) groups is 3. The van der Waals surface area contributed by atoms with Gasteiger partial charge in [0.1, 0.15) is 11.5 Å². The first-order valence-corrected chi connectivity index (χ1v) is 10.1. The van der Waals surface area contributed by atoms with Crippen LogP contribution >= 0.6 is 0 Å². The van der Waals surface area contributed by atoms with Gasteiger partial charge < -0.3 is 19.8 Å². The van der Waals surface area contributed by atoms with Gasteiger partial charge in [0.25, 0.3) is 5.91 Å². The van der Waals surface area contributed by atoms with E-state index in [1.807, 2.05) is 32.0 Å². The molecule has 3 N–H and O–H groups in total. The number of carbonyl (C=O) groups excluding carboxylic acids is 3. The van der Waals surface area contributed by atoms with Crippen molar-refractivity contribution in [2.24, 2.45) is 5.10 Å². The highest BCUT2D eigenvalue weighted by Gasteiger charge is 2.12. The predicted molar refractivity (Wildman–Crippen MR) is 123 cm³/mol. The monoisotopic (exact) mass is 448 g/mol. The van der Waals surface area contributed by atoms with Crippen LogP contribution in [-0.4, -0.2) is 30.5 Å². The van der Waals surface area contributed by atoms with Gasteiger partial charge >= 0.3 is 11.8 Å². The molecular formula is C24H24N4O5. The van der Waals surface area contributed by atoms with Crippen LogP contribution in [0.3, 0.4) is 0 Å².